The number of aromatic nitrogens is 2. The summed E-state index contributed by atoms with van der Waals surface area (Å²) in [5.74, 6) is 0.854. The minimum Gasteiger partial charge on any atom is -0.239 e. The first-order chi connectivity index (χ1) is 4.18. The van der Waals surface area contributed by atoms with Crippen molar-refractivity contribution in [2.75, 3.05) is 0 Å². The molecule has 0 aliphatic heterocycles. The average Bonchev–Trinajstić information content (AvgIpc) is 1.59. The molecule has 1 aromatic rings. The number of nitrogens with zero attached hydrogens (tertiary/aromatic N) is 2. The van der Waals surface area contributed by atoms with Crippen LogP contribution in [0.5, 0.6) is 0 Å². The standard InChI is InChI=1S/C7H10N2.ClH/c1-5-4-6(2)9-7(3)8-5;/h4H,1-3H3;1H. The van der Waals surface area contributed by atoms with E-state index in [1.165, 1.54) is 0 Å². The van der Waals surface area contributed by atoms with Gasteiger partial charge in [-0.2, -0.15) is 0 Å². The number of hydrogen-bond acceptors (Lipinski definition) is 2. The fraction of sp³-hybridized carbons (Fsp3) is 0.429. The lowest BCUT2D eigenvalue weighted by atomic mass is 10.3. The van der Waals surface area contributed by atoms with Gasteiger partial charge in [-0.05, 0) is 26.8 Å². The summed E-state index contributed by atoms with van der Waals surface area (Å²) in [7, 11) is 0. The maximum absolute atomic E-state index is 4.12. The van der Waals surface area contributed by atoms with Gasteiger partial charge in [0.1, 0.15) is 5.82 Å². The molecule has 0 radical (unpaired) electrons. The van der Waals surface area contributed by atoms with E-state index in [9.17, 15) is 0 Å². The maximum Gasteiger partial charge on any atom is 0.125 e. The van der Waals surface area contributed by atoms with Crippen LogP contribution in [-0.4, -0.2) is 9.97 Å². The molecular weight excluding hydrogens is 148 g/mol. The van der Waals surface area contributed by atoms with Crippen LogP contribution in [0, 0.1) is 20.8 Å². The molecule has 10 heavy (non-hydrogen) atoms. The molecule has 0 spiro atoms. The highest BCUT2D eigenvalue weighted by molar-refractivity contribution is 5.85. The van der Waals surface area contributed by atoms with Crippen LogP contribution in [-0.2, 0) is 0 Å². The van der Waals surface area contributed by atoms with Crippen LogP contribution < -0.4 is 0 Å². The van der Waals surface area contributed by atoms with E-state index in [0.29, 0.717) is 0 Å². The van der Waals surface area contributed by atoms with Crippen molar-refractivity contribution < 1.29 is 0 Å². The Bertz CT molecular complexity index is 172. The monoisotopic (exact) mass is 158 g/mol. The molecule has 0 N–H and O–H groups in total. The minimum atomic E-state index is 0. The normalized spacial score (nSPS) is 8.70. The highest BCUT2D eigenvalue weighted by Gasteiger charge is 1.90. The van der Waals surface area contributed by atoms with E-state index in [-0.39, 0.29) is 12.4 Å². The Kier molecular flexibility index (Phi) is 3.30. The van der Waals surface area contributed by atoms with Crippen LogP contribution in [0.4, 0.5) is 0 Å². The molecule has 1 rings (SSSR count). The molecule has 56 valence electrons. The predicted octanol–water partition coefficient (Wildman–Crippen LogP) is 1.82. The molecule has 0 aliphatic rings. The van der Waals surface area contributed by atoms with Gasteiger partial charge in [-0.3, -0.25) is 0 Å². The lowest BCUT2D eigenvalue weighted by Crippen LogP contribution is -1.91. The third-order valence-corrected chi connectivity index (χ3v) is 1.09. The van der Waals surface area contributed by atoms with E-state index in [2.05, 4.69) is 9.97 Å². The third kappa shape index (κ3) is 2.31. The SMILES string of the molecule is Cc1cc(C)nc(C)n1.Cl. The van der Waals surface area contributed by atoms with Crippen molar-refractivity contribution >= 4 is 12.4 Å². The molecule has 0 fully saturated rings. The molecule has 0 bridgehead atoms. The zero-order chi connectivity index (χ0) is 6.85. The van der Waals surface area contributed by atoms with Crippen LogP contribution in [0.25, 0.3) is 0 Å². The lowest BCUT2D eigenvalue weighted by molar-refractivity contribution is 0.976. The van der Waals surface area contributed by atoms with Crippen molar-refractivity contribution in [3.05, 3.63) is 23.3 Å². The van der Waals surface area contributed by atoms with E-state index in [4.69, 9.17) is 0 Å². The Morgan fingerprint density at radius 2 is 1.40 bits per heavy atom. The van der Waals surface area contributed by atoms with Gasteiger partial charge in [0.2, 0.25) is 0 Å². The fourth-order valence-corrected chi connectivity index (χ4v) is 0.902. The van der Waals surface area contributed by atoms with Gasteiger partial charge in [0.25, 0.3) is 0 Å². The van der Waals surface area contributed by atoms with E-state index in [1.54, 1.807) is 0 Å². The van der Waals surface area contributed by atoms with Gasteiger partial charge in [0.15, 0.2) is 0 Å². The second-order valence-corrected chi connectivity index (χ2v) is 2.20. The molecule has 1 aromatic heterocycles. The summed E-state index contributed by atoms with van der Waals surface area (Å²) in [5.41, 5.74) is 2.08. The van der Waals surface area contributed by atoms with Crippen LogP contribution in [0.1, 0.15) is 17.2 Å². The number of aryl methyl sites for hydroxylation is 3. The summed E-state index contributed by atoms with van der Waals surface area (Å²) >= 11 is 0. The molecular formula is C7H11ClN2. The Morgan fingerprint density at radius 3 is 1.70 bits per heavy atom. The van der Waals surface area contributed by atoms with Gasteiger partial charge < -0.3 is 0 Å². The second-order valence-electron chi connectivity index (χ2n) is 2.20. The van der Waals surface area contributed by atoms with Gasteiger partial charge in [-0.25, -0.2) is 9.97 Å². The van der Waals surface area contributed by atoms with Gasteiger partial charge >= 0.3 is 0 Å². The van der Waals surface area contributed by atoms with Crippen molar-refractivity contribution in [1.82, 2.24) is 9.97 Å². The van der Waals surface area contributed by atoms with E-state index in [0.717, 1.165) is 17.2 Å². The average molecular weight is 159 g/mol. The van der Waals surface area contributed by atoms with Crippen molar-refractivity contribution in [3.8, 4) is 0 Å². The number of rotatable bonds is 0. The molecule has 0 aliphatic carbocycles. The van der Waals surface area contributed by atoms with Gasteiger partial charge in [-0.15, -0.1) is 12.4 Å². The first-order valence-electron chi connectivity index (χ1n) is 2.97. The molecule has 0 saturated heterocycles. The summed E-state index contributed by atoms with van der Waals surface area (Å²) < 4.78 is 0. The quantitative estimate of drug-likeness (QED) is 0.576. The Labute approximate surface area is 67.1 Å². The van der Waals surface area contributed by atoms with Gasteiger partial charge in [0.05, 0.1) is 0 Å². The highest BCUT2D eigenvalue weighted by Crippen LogP contribution is 1.96. The Morgan fingerprint density at radius 1 is 1.00 bits per heavy atom. The van der Waals surface area contributed by atoms with E-state index < -0.39 is 0 Å². The first kappa shape index (κ1) is 9.37. The first-order valence-corrected chi connectivity index (χ1v) is 2.97. The number of halogens is 1. The summed E-state index contributed by atoms with van der Waals surface area (Å²) in [5, 5.41) is 0. The summed E-state index contributed by atoms with van der Waals surface area (Å²) in [6, 6.07) is 1.97. The zero-order valence-corrected chi connectivity index (χ0v) is 7.20. The van der Waals surface area contributed by atoms with Crippen LogP contribution >= 0.6 is 12.4 Å². The topological polar surface area (TPSA) is 25.8 Å². The fourth-order valence-electron chi connectivity index (χ4n) is 0.902. The van der Waals surface area contributed by atoms with Crippen molar-refractivity contribution in [3.63, 3.8) is 0 Å². The molecule has 0 amide bonds. The smallest absolute Gasteiger partial charge is 0.125 e. The lowest BCUT2D eigenvalue weighted by Gasteiger charge is -1.95. The summed E-state index contributed by atoms with van der Waals surface area (Å²) in [6.45, 7) is 5.85. The third-order valence-electron chi connectivity index (χ3n) is 1.09. The van der Waals surface area contributed by atoms with Crippen molar-refractivity contribution in [1.29, 1.82) is 0 Å². The Balaban J connectivity index is 0.000000810. The maximum atomic E-state index is 4.12. The summed E-state index contributed by atoms with van der Waals surface area (Å²) in [4.78, 5) is 8.25. The summed E-state index contributed by atoms with van der Waals surface area (Å²) in [6.07, 6.45) is 0. The van der Waals surface area contributed by atoms with Gasteiger partial charge in [-0.1, -0.05) is 0 Å². The molecule has 1 heterocycles. The minimum absolute atomic E-state index is 0. The molecule has 2 nitrogen and oxygen atoms in total. The largest absolute Gasteiger partial charge is 0.239 e. The Hall–Kier alpha value is -0.630. The van der Waals surface area contributed by atoms with Crippen molar-refractivity contribution in [2.24, 2.45) is 0 Å². The molecule has 0 atom stereocenters. The van der Waals surface area contributed by atoms with Crippen LogP contribution in [0.2, 0.25) is 0 Å². The van der Waals surface area contributed by atoms with Crippen LogP contribution in [0.15, 0.2) is 6.07 Å². The van der Waals surface area contributed by atoms with E-state index in [1.807, 2.05) is 26.8 Å². The van der Waals surface area contributed by atoms with Crippen LogP contribution in [0.3, 0.4) is 0 Å². The predicted molar refractivity (Wildman–Crippen MR) is 43.5 cm³/mol. The number of hydrogen-bond donors (Lipinski definition) is 0. The van der Waals surface area contributed by atoms with Crippen molar-refractivity contribution in [2.45, 2.75) is 20.8 Å². The highest BCUT2D eigenvalue weighted by atomic mass is 35.5. The molecule has 0 aromatic carbocycles. The molecule has 0 saturated carbocycles. The van der Waals surface area contributed by atoms with Gasteiger partial charge in [0, 0.05) is 11.4 Å². The molecule has 3 heteroatoms. The van der Waals surface area contributed by atoms with E-state index >= 15 is 0 Å². The second kappa shape index (κ2) is 3.52. The zero-order valence-electron chi connectivity index (χ0n) is 6.38. The molecule has 0 unspecified atom stereocenters.